The van der Waals surface area contributed by atoms with Crippen molar-refractivity contribution in [1.82, 2.24) is 9.62 Å². The van der Waals surface area contributed by atoms with Crippen LogP contribution < -0.4 is 14.4 Å². The zero-order valence-electron chi connectivity index (χ0n) is 16.1. The van der Waals surface area contributed by atoms with Gasteiger partial charge in [0, 0.05) is 20.6 Å². The van der Waals surface area contributed by atoms with Crippen LogP contribution in [-0.4, -0.2) is 45.9 Å². The molecule has 2 aromatic rings. The summed E-state index contributed by atoms with van der Waals surface area (Å²) >= 11 is 0. The van der Waals surface area contributed by atoms with Crippen LogP contribution in [0.15, 0.2) is 48.5 Å². The molecule has 0 aliphatic heterocycles. The Labute approximate surface area is 164 Å². The lowest BCUT2D eigenvalue weighted by Crippen LogP contribution is -2.45. The Kier molecular flexibility index (Phi) is 7.36. The Morgan fingerprint density at radius 1 is 1.14 bits per heavy atom. The van der Waals surface area contributed by atoms with Gasteiger partial charge in [-0.2, -0.15) is 12.7 Å². The van der Waals surface area contributed by atoms with Crippen molar-refractivity contribution in [1.29, 1.82) is 0 Å². The van der Waals surface area contributed by atoms with E-state index in [1.165, 1.54) is 26.2 Å². The number of anilines is 1. The number of hydrogen-bond donors (Lipinski definition) is 1. The molecule has 1 N–H and O–H groups in total. The highest BCUT2D eigenvalue weighted by Crippen LogP contribution is 2.20. The van der Waals surface area contributed by atoms with Gasteiger partial charge in [-0.25, -0.2) is 8.70 Å². The zero-order chi connectivity index (χ0) is 20.7. The fourth-order valence-corrected chi connectivity index (χ4v) is 3.47. The fourth-order valence-electron chi connectivity index (χ4n) is 2.41. The number of rotatable bonds is 9. The average Bonchev–Trinajstić information content (AvgIpc) is 2.66. The molecule has 0 radical (unpaired) electrons. The first-order chi connectivity index (χ1) is 13.2. The Balaban J connectivity index is 2.12. The third-order valence-corrected chi connectivity index (χ3v) is 5.66. The number of halogens is 1. The molecule has 0 atom stereocenters. The summed E-state index contributed by atoms with van der Waals surface area (Å²) in [4.78, 5) is 12.4. The number of amides is 1. The Morgan fingerprint density at radius 2 is 1.82 bits per heavy atom. The minimum atomic E-state index is -3.93. The number of nitrogens with zero attached hydrogens (tertiary/aromatic N) is 2. The van der Waals surface area contributed by atoms with Crippen molar-refractivity contribution in [3.05, 3.63) is 59.9 Å². The molecule has 0 heterocycles. The van der Waals surface area contributed by atoms with E-state index in [0.29, 0.717) is 12.4 Å². The van der Waals surface area contributed by atoms with E-state index in [-0.39, 0.29) is 12.2 Å². The van der Waals surface area contributed by atoms with Crippen molar-refractivity contribution in [2.75, 3.05) is 31.6 Å². The first kappa shape index (κ1) is 21.6. The topological polar surface area (TPSA) is 79.0 Å². The lowest BCUT2D eigenvalue weighted by atomic mass is 10.2. The molecule has 2 aromatic carbocycles. The smallest absolute Gasteiger partial charge is 0.304 e. The van der Waals surface area contributed by atoms with Crippen molar-refractivity contribution in [3.63, 3.8) is 0 Å². The molecule has 0 saturated carbocycles. The molecule has 0 spiro atoms. The van der Waals surface area contributed by atoms with E-state index in [1.807, 2.05) is 25.1 Å². The highest BCUT2D eigenvalue weighted by Gasteiger charge is 2.27. The van der Waals surface area contributed by atoms with E-state index >= 15 is 0 Å². The molecular formula is C19H24FN3O4S. The van der Waals surface area contributed by atoms with Crippen molar-refractivity contribution in [2.24, 2.45) is 0 Å². The van der Waals surface area contributed by atoms with Crippen LogP contribution in [0.1, 0.15) is 12.5 Å². The van der Waals surface area contributed by atoms with E-state index in [9.17, 15) is 17.6 Å². The molecule has 0 saturated heterocycles. The predicted molar refractivity (Wildman–Crippen MR) is 106 cm³/mol. The molecule has 0 aromatic heterocycles. The number of ether oxygens (including phenoxy) is 1. The second kappa shape index (κ2) is 9.52. The Bertz CT molecular complexity index is 902. The van der Waals surface area contributed by atoms with Gasteiger partial charge in [0.2, 0.25) is 5.91 Å². The van der Waals surface area contributed by atoms with Crippen molar-refractivity contribution in [2.45, 2.75) is 13.5 Å². The summed E-state index contributed by atoms with van der Waals surface area (Å²) < 4.78 is 45.7. The highest BCUT2D eigenvalue weighted by molar-refractivity contribution is 7.90. The van der Waals surface area contributed by atoms with Crippen LogP contribution in [0.3, 0.4) is 0 Å². The van der Waals surface area contributed by atoms with E-state index in [2.05, 4.69) is 5.32 Å². The van der Waals surface area contributed by atoms with Gasteiger partial charge in [0.25, 0.3) is 0 Å². The van der Waals surface area contributed by atoms with Gasteiger partial charge in [0.1, 0.15) is 18.1 Å². The second-order valence-electron chi connectivity index (χ2n) is 6.13. The van der Waals surface area contributed by atoms with E-state index in [4.69, 9.17) is 4.74 Å². The molecule has 0 unspecified atom stereocenters. The minimum Gasteiger partial charge on any atom is -0.494 e. The fraction of sp³-hybridized carbons (Fsp3) is 0.316. The van der Waals surface area contributed by atoms with E-state index in [1.54, 1.807) is 6.07 Å². The van der Waals surface area contributed by atoms with E-state index in [0.717, 1.165) is 26.3 Å². The summed E-state index contributed by atoms with van der Waals surface area (Å²) in [6, 6.07) is 12.2. The monoisotopic (exact) mass is 409 g/mol. The first-order valence-corrected chi connectivity index (χ1v) is 10.1. The summed E-state index contributed by atoms with van der Waals surface area (Å²) in [5, 5.41) is 2.70. The summed E-state index contributed by atoms with van der Waals surface area (Å²) in [5.74, 6) is -0.293. The molecule has 0 fully saturated rings. The molecule has 152 valence electrons. The molecule has 9 heteroatoms. The van der Waals surface area contributed by atoms with Gasteiger partial charge in [-0.1, -0.05) is 12.1 Å². The van der Waals surface area contributed by atoms with Gasteiger partial charge in [-0.15, -0.1) is 0 Å². The van der Waals surface area contributed by atoms with Crippen LogP contribution in [0.25, 0.3) is 0 Å². The molecular weight excluding hydrogens is 385 g/mol. The van der Waals surface area contributed by atoms with Gasteiger partial charge in [0.05, 0.1) is 12.3 Å². The highest BCUT2D eigenvalue weighted by atomic mass is 32.2. The maximum atomic E-state index is 13.2. The quantitative estimate of drug-likeness (QED) is 0.688. The van der Waals surface area contributed by atoms with Crippen LogP contribution in [0.4, 0.5) is 10.1 Å². The molecule has 2 rings (SSSR count). The standard InChI is InChI=1S/C19H24FN3O4S/c1-4-27-18-7-5-6-15(12-18)13-21-19(24)14-23(28(25,26)22(2)3)17-10-8-16(20)9-11-17/h5-12H,4,13-14H2,1-3H3,(H,21,24). The third kappa shape index (κ3) is 5.67. The predicted octanol–water partition coefficient (Wildman–Crippen LogP) is 2.15. The van der Waals surface area contributed by atoms with Gasteiger partial charge < -0.3 is 10.1 Å². The number of hydrogen-bond acceptors (Lipinski definition) is 4. The molecule has 0 aliphatic rings. The minimum absolute atomic E-state index is 0.198. The van der Waals surface area contributed by atoms with Crippen LogP contribution in [0.5, 0.6) is 5.75 Å². The van der Waals surface area contributed by atoms with Crippen molar-refractivity contribution >= 4 is 21.8 Å². The second-order valence-corrected chi connectivity index (χ2v) is 8.20. The maximum absolute atomic E-state index is 13.2. The summed E-state index contributed by atoms with van der Waals surface area (Å²) in [6.07, 6.45) is 0. The molecule has 0 aliphatic carbocycles. The van der Waals surface area contributed by atoms with E-state index < -0.39 is 28.5 Å². The number of nitrogens with one attached hydrogen (secondary N) is 1. The summed E-state index contributed by atoms with van der Waals surface area (Å²) in [7, 11) is -1.21. The number of carbonyl (C=O) groups excluding carboxylic acids is 1. The molecule has 7 nitrogen and oxygen atoms in total. The normalized spacial score (nSPS) is 11.3. The van der Waals surface area contributed by atoms with Gasteiger partial charge in [-0.3, -0.25) is 4.79 Å². The average molecular weight is 409 g/mol. The van der Waals surface area contributed by atoms with Gasteiger partial charge in [-0.05, 0) is 48.9 Å². The SMILES string of the molecule is CCOc1cccc(CNC(=O)CN(c2ccc(F)cc2)S(=O)(=O)N(C)C)c1. The molecule has 1 amide bonds. The van der Waals surface area contributed by atoms with Crippen LogP contribution in [-0.2, 0) is 21.5 Å². The van der Waals surface area contributed by atoms with Crippen LogP contribution in [0.2, 0.25) is 0 Å². The third-order valence-electron chi connectivity index (χ3n) is 3.84. The molecule has 0 bridgehead atoms. The Hall–Kier alpha value is -2.65. The van der Waals surface area contributed by atoms with Crippen LogP contribution in [0, 0.1) is 5.82 Å². The Morgan fingerprint density at radius 3 is 2.43 bits per heavy atom. The lowest BCUT2D eigenvalue weighted by Gasteiger charge is -2.26. The van der Waals surface area contributed by atoms with Crippen molar-refractivity contribution in [3.8, 4) is 5.75 Å². The largest absolute Gasteiger partial charge is 0.494 e. The van der Waals surface area contributed by atoms with Crippen molar-refractivity contribution < 1.29 is 22.3 Å². The first-order valence-electron chi connectivity index (χ1n) is 8.68. The maximum Gasteiger partial charge on any atom is 0.304 e. The molecule has 28 heavy (non-hydrogen) atoms. The summed E-state index contributed by atoms with van der Waals surface area (Å²) in [5.41, 5.74) is 1.02. The number of benzene rings is 2. The van der Waals surface area contributed by atoms with Crippen LogP contribution >= 0.6 is 0 Å². The van der Waals surface area contributed by atoms with Gasteiger partial charge >= 0.3 is 10.2 Å². The lowest BCUT2D eigenvalue weighted by molar-refractivity contribution is -0.119. The summed E-state index contributed by atoms with van der Waals surface area (Å²) in [6.45, 7) is 2.20. The zero-order valence-corrected chi connectivity index (χ0v) is 16.9. The van der Waals surface area contributed by atoms with Gasteiger partial charge in [0.15, 0.2) is 0 Å². The number of carbonyl (C=O) groups is 1.